The van der Waals surface area contributed by atoms with E-state index in [-0.39, 0.29) is 5.69 Å². The van der Waals surface area contributed by atoms with Gasteiger partial charge in [-0.25, -0.2) is 4.98 Å². The average molecular weight is 476 g/mol. The van der Waals surface area contributed by atoms with Crippen molar-refractivity contribution in [1.82, 2.24) is 15.0 Å². The molecule has 1 aromatic carbocycles. The molecule has 0 saturated heterocycles. The first-order chi connectivity index (χ1) is 16.4. The van der Waals surface area contributed by atoms with E-state index in [1.54, 1.807) is 30.4 Å². The molecule has 0 unspecified atom stereocenters. The van der Waals surface area contributed by atoms with Crippen LogP contribution < -0.4 is 10.2 Å². The number of anilines is 3. The van der Waals surface area contributed by atoms with E-state index in [9.17, 15) is 13.2 Å². The van der Waals surface area contributed by atoms with Crippen molar-refractivity contribution in [3.05, 3.63) is 54.4 Å². The highest BCUT2D eigenvalue weighted by atomic mass is 19.4. The number of benzene rings is 1. The molecule has 8 heteroatoms. The number of unbranched alkanes of at least 4 members (excludes halogenated alkanes) is 5. The Hall–Kier alpha value is -3.03. The number of alkyl halides is 3. The van der Waals surface area contributed by atoms with E-state index in [0.29, 0.717) is 29.6 Å². The van der Waals surface area contributed by atoms with Gasteiger partial charge in [-0.15, -0.1) is 0 Å². The molecule has 0 bridgehead atoms. The number of hydrogen-bond donors (Lipinski definition) is 2. The first-order valence-electron chi connectivity index (χ1n) is 12.0. The number of rotatable bonds is 11. The van der Waals surface area contributed by atoms with Gasteiger partial charge in [0, 0.05) is 31.2 Å². The fourth-order valence-corrected chi connectivity index (χ4v) is 3.60. The number of aromatic nitrogens is 3. The molecule has 186 valence electrons. The normalized spacial score (nSPS) is 11.0. The third kappa shape index (κ3) is 8.08. The van der Waals surface area contributed by atoms with E-state index < -0.39 is 11.7 Å². The van der Waals surface area contributed by atoms with Crippen molar-refractivity contribution >= 4 is 17.3 Å². The first kappa shape index (κ1) is 27.2. The van der Waals surface area contributed by atoms with Crippen molar-refractivity contribution in [3.63, 3.8) is 0 Å². The molecule has 34 heavy (non-hydrogen) atoms. The van der Waals surface area contributed by atoms with Crippen LogP contribution >= 0.6 is 0 Å². The standard InChI is InChI=1S/C24H30F3N5.C2H6/c1-3-4-5-6-7-10-15-32(2)22-13-12-18(16-19(22)24(25,26)27)30-23-29-17-21(31-23)20-11-8-9-14-28-20;1-2/h8-9,11-14,16-17H,3-7,10,15H2,1-2H3,(H2,29,30,31);1-2H3. The van der Waals surface area contributed by atoms with Gasteiger partial charge in [0.25, 0.3) is 0 Å². The van der Waals surface area contributed by atoms with Crippen molar-refractivity contribution in [2.45, 2.75) is 65.5 Å². The third-order valence-corrected chi connectivity index (χ3v) is 5.34. The monoisotopic (exact) mass is 475 g/mol. The maximum Gasteiger partial charge on any atom is 0.418 e. The maximum absolute atomic E-state index is 13.8. The van der Waals surface area contributed by atoms with Gasteiger partial charge in [0.2, 0.25) is 5.95 Å². The Kier molecular flexibility index (Phi) is 10.9. The smallest absolute Gasteiger partial charge is 0.374 e. The minimum Gasteiger partial charge on any atom is -0.374 e. The van der Waals surface area contributed by atoms with Crippen LogP contribution in [0.1, 0.15) is 64.9 Å². The van der Waals surface area contributed by atoms with Crippen LogP contribution in [0, 0.1) is 0 Å². The minimum absolute atomic E-state index is 0.185. The molecule has 0 aliphatic heterocycles. The molecule has 0 aliphatic rings. The molecule has 2 aromatic heterocycles. The fourth-order valence-electron chi connectivity index (χ4n) is 3.60. The summed E-state index contributed by atoms with van der Waals surface area (Å²) in [6.07, 6.45) is 5.41. The van der Waals surface area contributed by atoms with Crippen LogP contribution in [0.25, 0.3) is 11.4 Å². The Morgan fingerprint density at radius 1 is 0.971 bits per heavy atom. The van der Waals surface area contributed by atoms with E-state index >= 15 is 0 Å². The summed E-state index contributed by atoms with van der Waals surface area (Å²) < 4.78 is 41.4. The number of pyridine rings is 1. The summed E-state index contributed by atoms with van der Waals surface area (Å²) in [7, 11) is 1.72. The molecule has 0 amide bonds. The van der Waals surface area contributed by atoms with E-state index in [4.69, 9.17) is 0 Å². The SMILES string of the molecule is CC.CCCCCCCCN(C)c1ccc(Nc2ncc(-c3ccccn3)[nH]2)cc1C(F)(F)F. The molecule has 2 N–H and O–H groups in total. The van der Waals surface area contributed by atoms with Gasteiger partial charge in [0.15, 0.2) is 0 Å². The van der Waals surface area contributed by atoms with Crippen LogP contribution in [-0.2, 0) is 6.18 Å². The lowest BCUT2D eigenvalue weighted by molar-refractivity contribution is -0.137. The predicted octanol–water partition coefficient (Wildman–Crippen LogP) is 8.06. The summed E-state index contributed by atoms with van der Waals surface area (Å²) in [5, 5.41) is 2.93. The quantitative estimate of drug-likeness (QED) is 0.275. The van der Waals surface area contributed by atoms with Crippen molar-refractivity contribution in [1.29, 1.82) is 0 Å². The zero-order chi connectivity index (χ0) is 25.0. The Morgan fingerprint density at radius 3 is 2.38 bits per heavy atom. The minimum atomic E-state index is -4.45. The maximum atomic E-state index is 13.8. The summed E-state index contributed by atoms with van der Waals surface area (Å²) in [5.41, 5.74) is 1.23. The lowest BCUT2D eigenvalue weighted by atomic mass is 10.1. The van der Waals surface area contributed by atoms with Gasteiger partial charge in [-0.3, -0.25) is 4.98 Å². The zero-order valence-corrected chi connectivity index (χ0v) is 20.5. The van der Waals surface area contributed by atoms with Crippen LogP contribution in [0.15, 0.2) is 48.8 Å². The number of nitrogens with zero attached hydrogens (tertiary/aromatic N) is 3. The lowest BCUT2D eigenvalue weighted by Gasteiger charge is -2.24. The summed E-state index contributed by atoms with van der Waals surface area (Å²) >= 11 is 0. The van der Waals surface area contributed by atoms with Gasteiger partial charge < -0.3 is 15.2 Å². The largest absolute Gasteiger partial charge is 0.418 e. The fraction of sp³-hybridized carbons (Fsp3) is 0.462. The topological polar surface area (TPSA) is 56.8 Å². The van der Waals surface area contributed by atoms with E-state index in [1.807, 2.05) is 32.0 Å². The summed E-state index contributed by atoms with van der Waals surface area (Å²) in [6.45, 7) is 6.75. The summed E-state index contributed by atoms with van der Waals surface area (Å²) in [5.74, 6) is 0.354. The average Bonchev–Trinajstić information content (AvgIpc) is 3.31. The molecule has 0 spiro atoms. The molecular formula is C26H36F3N5. The van der Waals surface area contributed by atoms with Crippen molar-refractivity contribution < 1.29 is 13.2 Å². The van der Waals surface area contributed by atoms with Gasteiger partial charge in [-0.1, -0.05) is 58.9 Å². The molecule has 0 saturated carbocycles. The first-order valence-corrected chi connectivity index (χ1v) is 12.0. The van der Waals surface area contributed by atoms with Gasteiger partial charge in [-0.05, 0) is 36.8 Å². The number of nitrogens with one attached hydrogen (secondary N) is 2. The van der Waals surface area contributed by atoms with Crippen LogP contribution in [0.4, 0.5) is 30.5 Å². The molecule has 0 atom stereocenters. The van der Waals surface area contributed by atoms with E-state index in [0.717, 1.165) is 25.3 Å². The molecule has 5 nitrogen and oxygen atoms in total. The van der Waals surface area contributed by atoms with Crippen molar-refractivity contribution in [2.75, 3.05) is 23.8 Å². The Morgan fingerprint density at radius 2 is 1.71 bits per heavy atom. The Labute approximate surface area is 200 Å². The van der Waals surface area contributed by atoms with Crippen LogP contribution in [0.5, 0.6) is 0 Å². The molecule has 3 rings (SSSR count). The molecule has 0 aliphatic carbocycles. The highest BCUT2D eigenvalue weighted by Crippen LogP contribution is 2.38. The van der Waals surface area contributed by atoms with Gasteiger partial charge >= 0.3 is 6.18 Å². The number of H-pyrrole nitrogens is 1. The number of imidazole rings is 1. The zero-order valence-electron chi connectivity index (χ0n) is 20.5. The van der Waals surface area contributed by atoms with Crippen molar-refractivity contribution in [2.24, 2.45) is 0 Å². The number of hydrogen-bond acceptors (Lipinski definition) is 4. The third-order valence-electron chi connectivity index (χ3n) is 5.34. The summed E-state index contributed by atoms with van der Waals surface area (Å²) in [4.78, 5) is 13.2. The van der Waals surface area contributed by atoms with Crippen LogP contribution in [0.2, 0.25) is 0 Å². The second kappa shape index (κ2) is 13.6. The highest BCUT2D eigenvalue weighted by Gasteiger charge is 2.34. The molecule has 0 radical (unpaired) electrons. The second-order valence-corrected chi connectivity index (χ2v) is 7.90. The van der Waals surface area contributed by atoms with Crippen LogP contribution in [-0.4, -0.2) is 28.5 Å². The van der Waals surface area contributed by atoms with Gasteiger partial charge in [-0.2, -0.15) is 13.2 Å². The Bertz CT molecular complexity index is 970. The Balaban J connectivity index is 0.00000199. The number of halogens is 3. The second-order valence-electron chi connectivity index (χ2n) is 7.90. The van der Waals surface area contributed by atoms with Crippen molar-refractivity contribution in [3.8, 4) is 11.4 Å². The van der Waals surface area contributed by atoms with E-state index in [1.165, 1.54) is 25.3 Å². The lowest BCUT2D eigenvalue weighted by Crippen LogP contribution is -2.22. The molecule has 3 aromatic rings. The summed E-state index contributed by atoms with van der Waals surface area (Å²) in [6, 6.07) is 9.79. The number of aromatic amines is 1. The molecule has 2 heterocycles. The van der Waals surface area contributed by atoms with Gasteiger partial charge in [0.1, 0.15) is 0 Å². The molecule has 0 fully saturated rings. The van der Waals surface area contributed by atoms with Crippen LogP contribution in [0.3, 0.4) is 0 Å². The molecular weight excluding hydrogens is 439 g/mol. The van der Waals surface area contributed by atoms with Gasteiger partial charge in [0.05, 0.1) is 23.1 Å². The van der Waals surface area contributed by atoms with E-state index in [2.05, 4.69) is 27.2 Å². The highest BCUT2D eigenvalue weighted by molar-refractivity contribution is 5.66. The predicted molar refractivity (Wildman–Crippen MR) is 135 cm³/mol.